The van der Waals surface area contributed by atoms with E-state index in [4.69, 9.17) is 23.2 Å². The van der Waals surface area contributed by atoms with Crippen LogP contribution in [0.4, 0.5) is 0 Å². The van der Waals surface area contributed by atoms with Crippen LogP contribution in [0.15, 0.2) is 47.5 Å². The van der Waals surface area contributed by atoms with Gasteiger partial charge in [0.25, 0.3) is 0 Å². The minimum absolute atomic E-state index is 0. The molecule has 4 heteroatoms. The normalized spacial score (nSPS) is 19.0. The van der Waals surface area contributed by atoms with E-state index in [-0.39, 0.29) is 32.7 Å². The second-order valence-corrected chi connectivity index (χ2v) is 5.84. The number of benzene rings is 2. The van der Waals surface area contributed by atoms with Crippen molar-refractivity contribution in [2.75, 3.05) is 7.05 Å². The average Bonchev–Trinajstić information content (AvgIpc) is 2.49. The van der Waals surface area contributed by atoms with E-state index >= 15 is 0 Å². The van der Waals surface area contributed by atoms with Gasteiger partial charge >= 0.3 is 0 Å². The molecule has 0 heterocycles. The molecule has 0 aliphatic heterocycles. The smallest absolute Gasteiger partial charge is 0.0595 e. The van der Waals surface area contributed by atoms with E-state index < -0.39 is 0 Å². The van der Waals surface area contributed by atoms with Gasteiger partial charge in [-0.15, -0.1) is 0 Å². The van der Waals surface area contributed by atoms with Crippen LogP contribution in [-0.4, -0.2) is 12.8 Å². The van der Waals surface area contributed by atoms with Gasteiger partial charge < -0.3 is 0 Å². The zero-order valence-electron chi connectivity index (χ0n) is 11.8. The minimum Gasteiger partial charge on any atom is -0.292 e. The average molecular weight is 393 g/mol. The van der Waals surface area contributed by atoms with Gasteiger partial charge in [0.15, 0.2) is 0 Å². The molecule has 0 spiro atoms. The molecule has 1 nitrogen and oxygen atoms in total. The van der Waals surface area contributed by atoms with Crippen molar-refractivity contribution in [2.24, 2.45) is 4.99 Å². The molecule has 1 aliphatic rings. The molecule has 1 radical (unpaired) electrons. The summed E-state index contributed by atoms with van der Waals surface area (Å²) in [5.74, 6) is 0.367. The molecular formula is C17H15Cl2NY. The Morgan fingerprint density at radius 3 is 2.52 bits per heavy atom. The van der Waals surface area contributed by atoms with Crippen LogP contribution in [0.25, 0.3) is 0 Å². The molecule has 0 saturated heterocycles. The first-order chi connectivity index (χ1) is 9.70. The maximum Gasteiger partial charge on any atom is 0.0595 e. The molecule has 0 bridgehead atoms. The van der Waals surface area contributed by atoms with Crippen molar-refractivity contribution in [3.05, 3.63) is 69.2 Å². The zero-order chi connectivity index (χ0) is 14.1. The Morgan fingerprint density at radius 1 is 1.05 bits per heavy atom. The Labute approximate surface area is 160 Å². The molecule has 0 aromatic heterocycles. The molecule has 0 unspecified atom stereocenters. The molecule has 21 heavy (non-hydrogen) atoms. The molecule has 0 saturated carbocycles. The van der Waals surface area contributed by atoms with Crippen LogP contribution in [-0.2, 0) is 32.7 Å². The fourth-order valence-electron chi connectivity index (χ4n) is 2.94. The molecule has 3 rings (SSSR count). The number of halogens is 2. The van der Waals surface area contributed by atoms with Crippen LogP contribution < -0.4 is 0 Å². The van der Waals surface area contributed by atoms with Gasteiger partial charge in [0.1, 0.15) is 0 Å². The summed E-state index contributed by atoms with van der Waals surface area (Å²) in [4.78, 5) is 4.42. The fourth-order valence-corrected chi connectivity index (χ4v) is 3.25. The number of aliphatic imine (C=N–C) groups is 1. The molecule has 1 atom stereocenters. The Bertz CT molecular complexity index is 682. The van der Waals surface area contributed by atoms with Crippen molar-refractivity contribution in [1.29, 1.82) is 0 Å². The van der Waals surface area contributed by atoms with Crippen LogP contribution >= 0.6 is 23.2 Å². The first-order valence-electron chi connectivity index (χ1n) is 6.70. The van der Waals surface area contributed by atoms with Gasteiger partial charge in [-0.05, 0) is 41.7 Å². The second kappa shape index (κ2) is 7.37. The summed E-state index contributed by atoms with van der Waals surface area (Å²) in [6, 6.07) is 14.4. The third kappa shape index (κ3) is 3.42. The fraction of sp³-hybridized carbons (Fsp3) is 0.235. The predicted octanol–water partition coefficient (Wildman–Crippen LogP) is 5.34. The van der Waals surface area contributed by atoms with Gasteiger partial charge in [-0.1, -0.05) is 53.5 Å². The van der Waals surface area contributed by atoms with Gasteiger partial charge in [-0.25, -0.2) is 0 Å². The topological polar surface area (TPSA) is 12.4 Å². The van der Waals surface area contributed by atoms with E-state index in [9.17, 15) is 0 Å². The first kappa shape index (κ1) is 17.2. The molecule has 0 fully saturated rings. The van der Waals surface area contributed by atoms with Gasteiger partial charge in [0.05, 0.1) is 10.0 Å². The summed E-state index contributed by atoms with van der Waals surface area (Å²) in [5.41, 5.74) is 5.01. The predicted molar refractivity (Wildman–Crippen MR) is 86.4 cm³/mol. The van der Waals surface area contributed by atoms with E-state index in [0.717, 1.165) is 12.8 Å². The van der Waals surface area contributed by atoms with Gasteiger partial charge in [0, 0.05) is 51.4 Å². The maximum absolute atomic E-state index is 6.16. The molecular weight excluding hydrogens is 378 g/mol. The number of fused-ring (bicyclic) bond motifs is 1. The monoisotopic (exact) mass is 392 g/mol. The van der Waals surface area contributed by atoms with Crippen molar-refractivity contribution in [2.45, 2.75) is 18.8 Å². The van der Waals surface area contributed by atoms with Crippen molar-refractivity contribution in [3.8, 4) is 0 Å². The standard InChI is InChI=1S/C17H15Cl2N.Y/c1-20-17-9-7-12(13-4-2-3-5-14(13)17)11-6-8-15(18)16(19)10-11;/h2-6,8,10,12H,7,9H2,1H3;/t12-;/m0./s1. The summed E-state index contributed by atoms with van der Waals surface area (Å²) in [5, 5.41) is 1.23. The molecule has 1 aliphatic carbocycles. The number of hydrogen-bond donors (Lipinski definition) is 0. The van der Waals surface area contributed by atoms with Gasteiger partial charge in [-0.3, -0.25) is 4.99 Å². The van der Waals surface area contributed by atoms with Crippen LogP contribution in [0, 0.1) is 0 Å². The summed E-state index contributed by atoms with van der Waals surface area (Å²) in [6.45, 7) is 0. The molecule has 105 valence electrons. The van der Waals surface area contributed by atoms with E-state index in [1.165, 1.54) is 22.4 Å². The quantitative estimate of drug-likeness (QED) is 0.621. The number of rotatable bonds is 1. The summed E-state index contributed by atoms with van der Waals surface area (Å²) in [7, 11) is 1.87. The van der Waals surface area contributed by atoms with E-state index in [1.54, 1.807) is 0 Å². The minimum atomic E-state index is 0. The summed E-state index contributed by atoms with van der Waals surface area (Å²) < 4.78 is 0. The van der Waals surface area contributed by atoms with Crippen LogP contribution in [0.3, 0.4) is 0 Å². The second-order valence-electron chi connectivity index (χ2n) is 5.02. The van der Waals surface area contributed by atoms with E-state index in [2.05, 4.69) is 35.3 Å². The van der Waals surface area contributed by atoms with E-state index in [0.29, 0.717) is 16.0 Å². The molecule has 0 N–H and O–H groups in total. The Hall–Kier alpha value is -0.206. The third-order valence-electron chi connectivity index (χ3n) is 3.93. The molecule has 2 aromatic rings. The summed E-state index contributed by atoms with van der Waals surface area (Å²) >= 11 is 12.2. The Balaban J connectivity index is 0.00000161. The first-order valence-corrected chi connectivity index (χ1v) is 7.46. The third-order valence-corrected chi connectivity index (χ3v) is 4.67. The van der Waals surface area contributed by atoms with E-state index in [1.807, 2.05) is 19.2 Å². The van der Waals surface area contributed by atoms with Crippen LogP contribution in [0.2, 0.25) is 10.0 Å². The van der Waals surface area contributed by atoms with Gasteiger partial charge in [-0.2, -0.15) is 0 Å². The van der Waals surface area contributed by atoms with Crippen molar-refractivity contribution >= 4 is 28.9 Å². The maximum atomic E-state index is 6.16. The molecule has 0 amide bonds. The zero-order valence-corrected chi connectivity index (χ0v) is 16.2. The largest absolute Gasteiger partial charge is 0.292 e. The summed E-state index contributed by atoms with van der Waals surface area (Å²) in [6.07, 6.45) is 2.06. The molecule has 2 aromatic carbocycles. The number of hydrogen-bond acceptors (Lipinski definition) is 1. The Morgan fingerprint density at radius 2 is 1.81 bits per heavy atom. The Kier molecular flexibility index (Phi) is 6.02. The van der Waals surface area contributed by atoms with Gasteiger partial charge in [0.2, 0.25) is 0 Å². The SMILES string of the molecule is CN=C1CC[C@@H](c2ccc(Cl)c(Cl)c2)c2ccccc21.[Y]. The van der Waals surface area contributed by atoms with Crippen LogP contribution in [0.1, 0.15) is 35.4 Å². The van der Waals surface area contributed by atoms with Crippen molar-refractivity contribution in [1.82, 2.24) is 0 Å². The van der Waals surface area contributed by atoms with Crippen molar-refractivity contribution < 1.29 is 32.7 Å². The van der Waals surface area contributed by atoms with Crippen molar-refractivity contribution in [3.63, 3.8) is 0 Å². The number of nitrogens with zero attached hydrogens (tertiary/aromatic N) is 1. The van der Waals surface area contributed by atoms with Crippen LogP contribution in [0.5, 0.6) is 0 Å².